The van der Waals surface area contributed by atoms with Gasteiger partial charge in [-0.05, 0) is 30.2 Å². The van der Waals surface area contributed by atoms with Crippen molar-refractivity contribution in [2.45, 2.75) is 26.8 Å². The van der Waals surface area contributed by atoms with Crippen molar-refractivity contribution in [3.05, 3.63) is 40.7 Å². The molecule has 3 rings (SSSR count). The third-order valence-corrected chi connectivity index (χ3v) is 3.45. The van der Waals surface area contributed by atoms with Crippen LogP contribution in [0.5, 0.6) is 11.5 Å². The van der Waals surface area contributed by atoms with Gasteiger partial charge in [0.05, 0.1) is 18.9 Å². The molecule has 0 spiro atoms. The number of fused-ring (bicyclic) bond motifs is 1. The van der Waals surface area contributed by atoms with Gasteiger partial charge in [0.2, 0.25) is 0 Å². The normalized spacial score (nSPS) is 14.0. The quantitative estimate of drug-likeness (QED) is 0.874. The first-order valence-corrected chi connectivity index (χ1v) is 7.61. The van der Waals surface area contributed by atoms with Crippen LogP contribution < -0.4 is 15.0 Å². The van der Waals surface area contributed by atoms with Crippen LogP contribution in [-0.2, 0) is 6.54 Å². The number of hydrogen-bond donors (Lipinski definition) is 0. The van der Waals surface area contributed by atoms with E-state index in [1.54, 1.807) is 12.1 Å². The summed E-state index contributed by atoms with van der Waals surface area (Å²) in [7, 11) is 0. The lowest BCUT2D eigenvalue weighted by molar-refractivity contribution is 0.297. The maximum atomic E-state index is 11.9. The highest BCUT2D eigenvalue weighted by Gasteiger charge is 2.12. The van der Waals surface area contributed by atoms with Crippen LogP contribution in [0, 0.1) is 5.92 Å². The molecule has 2 heterocycles. The summed E-state index contributed by atoms with van der Waals surface area (Å²) in [4.78, 5) is 11.9. The van der Waals surface area contributed by atoms with Gasteiger partial charge in [0.25, 0.3) is 5.56 Å². The second-order valence-corrected chi connectivity index (χ2v) is 5.84. The highest BCUT2D eigenvalue weighted by atomic mass is 16.5. The molecule has 5 nitrogen and oxygen atoms in total. The first-order chi connectivity index (χ1) is 10.6. The lowest BCUT2D eigenvalue weighted by Crippen LogP contribution is -2.24. The van der Waals surface area contributed by atoms with E-state index in [1.807, 2.05) is 18.2 Å². The molecule has 0 saturated heterocycles. The third-order valence-electron chi connectivity index (χ3n) is 3.45. The van der Waals surface area contributed by atoms with Crippen molar-refractivity contribution in [3.63, 3.8) is 0 Å². The Labute approximate surface area is 129 Å². The highest BCUT2D eigenvalue weighted by Crippen LogP contribution is 2.33. The van der Waals surface area contributed by atoms with Crippen molar-refractivity contribution in [1.82, 2.24) is 9.78 Å². The molecule has 0 fully saturated rings. The number of rotatable bonds is 3. The van der Waals surface area contributed by atoms with E-state index in [-0.39, 0.29) is 5.56 Å². The second kappa shape index (κ2) is 6.22. The largest absolute Gasteiger partial charge is 0.490 e. The Kier molecular flexibility index (Phi) is 4.13. The smallest absolute Gasteiger partial charge is 0.266 e. The summed E-state index contributed by atoms with van der Waals surface area (Å²) >= 11 is 0. The number of benzene rings is 1. The Morgan fingerprint density at radius 1 is 1.14 bits per heavy atom. The molecule has 5 heteroatoms. The molecule has 22 heavy (non-hydrogen) atoms. The van der Waals surface area contributed by atoms with Gasteiger partial charge in [0, 0.05) is 24.6 Å². The minimum absolute atomic E-state index is 0.0770. The molecule has 1 aliphatic rings. The van der Waals surface area contributed by atoms with Crippen LogP contribution in [0.1, 0.15) is 20.3 Å². The van der Waals surface area contributed by atoms with Gasteiger partial charge in [0.1, 0.15) is 0 Å². The summed E-state index contributed by atoms with van der Waals surface area (Å²) in [5, 5.41) is 4.46. The average molecular weight is 300 g/mol. The SMILES string of the molecule is CC(C)Cn1nc(-c2ccc3c(c2)OCCCO3)ccc1=O. The predicted molar refractivity (Wildman–Crippen MR) is 84.4 cm³/mol. The third kappa shape index (κ3) is 3.13. The number of hydrogen-bond acceptors (Lipinski definition) is 4. The Hall–Kier alpha value is -2.30. The molecule has 0 atom stereocenters. The van der Waals surface area contributed by atoms with E-state index in [2.05, 4.69) is 18.9 Å². The van der Waals surface area contributed by atoms with Crippen LogP contribution in [0.15, 0.2) is 35.1 Å². The molecule has 0 radical (unpaired) electrons. The molecular formula is C17H20N2O3. The zero-order valence-electron chi connectivity index (χ0n) is 12.9. The highest BCUT2D eigenvalue weighted by molar-refractivity contribution is 5.63. The van der Waals surface area contributed by atoms with Gasteiger partial charge in [0.15, 0.2) is 11.5 Å². The lowest BCUT2D eigenvalue weighted by Gasteiger charge is -2.11. The Morgan fingerprint density at radius 2 is 1.91 bits per heavy atom. The fourth-order valence-corrected chi connectivity index (χ4v) is 2.40. The summed E-state index contributed by atoms with van der Waals surface area (Å²) in [6.45, 7) is 6.06. The van der Waals surface area contributed by atoms with Crippen LogP contribution in [-0.4, -0.2) is 23.0 Å². The Balaban J connectivity index is 1.97. The van der Waals surface area contributed by atoms with Crippen molar-refractivity contribution in [2.75, 3.05) is 13.2 Å². The maximum Gasteiger partial charge on any atom is 0.266 e. The van der Waals surface area contributed by atoms with E-state index >= 15 is 0 Å². The molecule has 0 aliphatic carbocycles. The number of aromatic nitrogens is 2. The van der Waals surface area contributed by atoms with Crippen LogP contribution in [0.3, 0.4) is 0 Å². The van der Waals surface area contributed by atoms with Gasteiger partial charge >= 0.3 is 0 Å². The lowest BCUT2D eigenvalue weighted by atomic mass is 10.1. The minimum Gasteiger partial charge on any atom is -0.490 e. The fourth-order valence-electron chi connectivity index (χ4n) is 2.40. The van der Waals surface area contributed by atoms with Gasteiger partial charge in [-0.15, -0.1) is 0 Å². The summed E-state index contributed by atoms with van der Waals surface area (Å²) in [5.74, 6) is 1.86. The minimum atomic E-state index is -0.0770. The van der Waals surface area contributed by atoms with Gasteiger partial charge in [-0.25, -0.2) is 4.68 Å². The Bertz CT molecular complexity index is 722. The summed E-state index contributed by atoms with van der Waals surface area (Å²) in [5.41, 5.74) is 1.60. The molecule has 116 valence electrons. The van der Waals surface area contributed by atoms with E-state index in [0.29, 0.717) is 25.7 Å². The topological polar surface area (TPSA) is 53.4 Å². The zero-order valence-corrected chi connectivity index (χ0v) is 12.9. The number of nitrogens with zero attached hydrogens (tertiary/aromatic N) is 2. The molecule has 0 saturated carbocycles. The van der Waals surface area contributed by atoms with E-state index in [4.69, 9.17) is 9.47 Å². The van der Waals surface area contributed by atoms with Gasteiger partial charge in [-0.1, -0.05) is 13.8 Å². The molecular weight excluding hydrogens is 280 g/mol. The van der Waals surface area contributed by atoms with Gasteiger partial charge < -0.3 is 9.47 Å². The summed E-state index contributed by atoms with van der Waals surface area (Å²) in [6, 6.07) is 9.08. The monoisotopic (exact) mass is 300 g/mol. The van der Waals surface area contributed by atoms with Crippen molar-refractivity contribution < 1.29 is 9.47 Å². The van der Waals surface area contributed by atoms with Crippen molar-refractivity contribution in [2.24, 2.45) is 5.92 Å². The van der Waals surface area contributed by atoms with Crippen molar-refractivity contribution in [1.29, 1.82) is 0 Å². The first kappa shape index (κ1) is 14.6. The van der Waals surface area contributed by atoms with E-state index in [9.17, 15) is 4.79 Å². The molecule has 0 amide bonds. The number of ether oxygens (including phenoxy) is 2. The molecule has 0 unspecified atom stereocenters. The van der Waals surface area contributed by atoms with Crippen molar-refractivity contribution in [3.8, 4) is 22.8 Å². The molecule has 1 aromatic heterocycles. The average Bonchev–Trinajstić information content (AvgIpc) is 2.73. The molecule has 1 aliphatic heterocycles. The first-order valence-electron chi connectivity index (χ1n) is 7.61. The second-order valence-electron chi connectivity index (χ2n) is 5.84. The van der Waals surface area contributed by atoms with E-state index in [0.717, 1.165) is 29.2 Å². The van der Waals surface area contributed by atoms with Crippen LogP contribution in [0.2, 0.25) is 0 Å². The predicted octanol–water partition coefficient (Wildman–Crippen LogP) is 2.73. The summed E-state index contributed by atoms with van der Waals surface area (Å²) < 4.78 is 12.9. The van der Waals surface area contributed by atoms with Crippen LogP contribution in [0.4, 0.5) is 0 Å². The van der Waals surface area contributed by atoms with E-state index in [1.165, 1.54) is 4.68 Å². The van der Waals surface area contributed by atoms with Gasteiger partial charge in [-0.2, -0.15) is 5.10 Å². The molecule has 1 aromatic carbocycles. The van der Waals surface area contributed by atoms with Crippen molar-refractivity contribution >= 4 is 0 Å². The Morgan fingerprint density at radius 3 is 2.68 bits per heavy atom. The van der Waals surface area contributed by atoms with Crippen LogP contribution >= 0.6 is 0 Å². The van der Waals surface area contributed by atoms with Crippen LogP contribution in [0.25, 0.3) is 11.3 Å². The fraction of sp³-hybridized carbons (Fsp3) is 0.412. The molecule has 2 aromatic rings. The molecule has 0 bridgehead atoms. The van der Waals surface area contributed by atoms with Gasteiger partial charge in [-0.3, -0.25) is 4.79 Å². The zero-order chi connectivity index (χ0) is 15.5. The van der Waals surface area contributed by atoms with E-state index < -0.39 is 0 Å². The maximum absolute atomic E-state index is 11.9. The summed E-state index contributed by atoms with van der Waals surface area (Å²) in [6.07, 6.45) is 0.877. The standard InChI is InChI=1S/C17H20N2O3/c1-12(2)11-19-17(20)7-5-14(18-19)13-4-6-15-16(10-13)22-9-3-8-21-15/h4-7,10,12H,3,8-9,11H2,1-2H3. The molecule has 0 N–H and O–H groups in total.